The van der Waals surface area contributed by atoms with Gasteiger partial charge >= 0.3 is 5.69 Å². The summed E-state index contributed by atoms with van der Waals surface area (Å²) in [7, 11) is 1.55. The molecule has 26 heavy (non-hydrogen) atoms. The van der Waals surface area contributed by atoms with Crippen molar-refractivity contribution in [3.05, 3.63) is 55.1 Å². The maximum Gasteiger partial charge on any atom is 0.329 e. The van der Waals surface area contributed by atoms with Crippen LogP contribution in [-0.4, -0.2) is 41.9 Å². The van der Waals surface area contributed by atoms with Crippen molar-refractivity contribution in [2.75, 3.05) is 11.6 Å². The molecule has 0 aliphatic heterocycles. The van der Waals surface area contributed by atoms with E-state index in [9.17, 15) is 14.7 Å². The molecular weight excluding hydrogens is 444 g/mol. The van der Waals surface area contributed by atoms with Gasteiger partial charge in [0.05, 0.1) is 12.6 Å². The predicted molar refractivity (Wildman–Crippen MR) is 106 cm³/mol. The molecule has 0 saturated heterocycles. The zero-order valence-electron chi connectivity index (χ0n) is 13.8. The summed E-state index contributed by atoms with van der Waals surface area (Å²) in [6, 6.07) is 7.71. The van der Waals surface area contributed by atoms with Crippen molar-refractivity contribution in [1.82, 2.24) is 19.1 Å². The number of halogens is 2. The molecule has 7 nitrogen and oxygen atoms in total. The third-order valence-electron chi connectivity index (χ3n) is 3.78. The monoisotopic (exact) mass is 458 g/mol. The summed E-state index contributed by atoms with van der Waals surface area (Å²) < 4.78 is 3.98. The van der Waals surface area contributed by atoms with E-state index < -0.39 is 17.4 Å². The summed E-state index contributed by atoms with van der Waals surface area (Å²) in [5, 5.41) is 10.3. The first-order chi connectivity index (χ1) is 12.4. The number of rotatable bonds is 6. The number of aromatic amines is 1. The van der Waals surface area contributed by atoms with Gasteiger partial charge in [-0.05, 0) is 17.7 Å². The molecule has 0 fully saturated rings. The summed E-state index contributed by atoms with van der Waals surface area (Å²) >= 11 is 10.4. The fourth-order valence-corrected chi connectivity index (χ4v) is 4.11. The highest BCUT2D eigenvalue weighted by Gasteiger charge is 2.19. The quantitative estimate of drug-likeness (QED) is 0.434. The molecule has 3 rings (SSSR count). The zero-order valence-corrected chi connectivity index (χ0v) is 16.9. The minimum absolute atomic E-state index is 0.109. The van der Waals surface area contributed by atoms with Crippen molar-refractivity contribution in [2.45, 2.75) is 17.8 Å². The van der Waals surface area contributed by atoms with Gasteiger partial charge in [-0.3, -0.25) is 14.3 Å². The number of hydrogen-bond donors (Lipinski definition) is 2. The van der Waals surface area contributed by atoms with E-state index in [-0.39, 0.29) is 5.88 Å². The number of aromatic nitrogens is 4. The zero-order chi connectivity index (χ0) is 18.8. The highest BCUT2D eigenvalue weighted by atomic mass is 79.9. The molecule has 0 unspecified atom stereocenters. The molecule has 0 bridgehead atoms. The van der Waals surface area contributed by atoms with Crippen LogP contribution >= 0.6 is 39.3 Å². The average Bonchev–Trinajstić information content (AvgIpc) is 2.96. The number of alkyl halides is 1. The molecule has 0 aliphatic rings. The number of H-pyrrole nitrogens is 1. The standard InChI is InChI=1S/C16H16BrClN4O3S/c1-21-13-12(14(24)20-15(21)25)22(7-9-3-2-4-10(17)5-9)16(19-13)26-8-11(23)6-18/h2-5,11,23H,6-8H2,1H3,(H,20,24,25)/t11-/m1/s1. The molecule has 10 heteroatoms. The summed E-state index contributed by atoms with van der Waals surface area (Å²) in [6.07, 6.45) is -0.692. The topological polar surface area (TPSA) is 92.9 Å². The van der Waals surface area contributed by atoms with Crippen LogP contribution in [-0.2, 0) is 13.6 Å². The van der Waals surface area contributed by atoms with Gasteiger partial charge in [0.25, 0.3) is 5.56 Å². The summed E-state index contributed by atoms with van der Waals surface area (Å²) in [6.45, 7) is 0.399. The van der Waals surface area contributed by atoms with Crippen molar-refractivity contribution >= 4 is 50.5 Å². The first-order valence-electron chi connectivity index (χ1n) is 7.71. The minimum Gasteiger partial charge on any atom is -0.391 e. The Morgan fingerprint density at radius 2 is 2.19 bits per heavy atom. The van der Waals surface area contributed by atoms with Crippen LogP contribution in [0, 0.1) is 0 Å². The number of thioether (sulfide) groups is 1. The molecule has 3 aromatic rings. The third kappa shape index (κ3) is 3.90. The Kier molecular flexibility index (Phi) is 5.91. The van der Waals surface area contributed by atoms with Crippen molar-refractivity contribution in [2.24, 2.45) is 7.05 Å². The van der Waals surface area contributed by atoms with Crippen molar-refractivity contribution in [3.8, 4) is 0 Å². The van der Waals surface area contributed by atoms with Gasteiger partial charge in [0.1, 0.15) is 0 Å². The molecule has 2 heterocycles. The Hall–Kier alpha value is -1.55. The third-order valence-corrected chi connectivity index (χ3v) is 5.76. The van der Waals surface area contributed by atoms with Crippen LogP contribution in [0.15, 0.2) is 43.5 Å². The molecule has 2 aromatic heterocycles. The van der Waals surface area contributed by atoms with Crippen molar-refractivity contribution in [1.29, 1.82) is 0 Å². The van der Waals surface area contributed by atoms with Crippen molar-refractivity contribution in [3.63, 3.8) is 0 Å². The molecule has 2 N–H and O–H groups in total. The van der Waals surface area contributed by atoms with E-state index in [4.69, 9.17) is 11.6 Å². The second kappa shape index (κ2) is 7.99. The Morgan fingerprint density at radius 3 is 2.88 bits per heavy atom. The largest absolute Gasteiger partial charge is 0.391 e. The highest BCUT2D eigenvalue weighted by molar-refractivity contribution is 9.10. The van der Waals surface area contributed by atoms with Crippen LogP contribution in [0.1, 0.15) is 5.56 Å². The van der Waals surface area contributed by atoms with Gasteiger partial charge in [-0.25, -0.2) is 9.78 Å². The molecular formula is C16H16BrClN4O3S. The lowest BCUT2D eigenvalue weighted by Gasteiger charge is -2.10. The first kappa shape index (κ1) is 19.2. The molecule has 138 valence electrons. The second-order valence-electron chi connectivity index (χ2n) is 5.72. The average molecular weight is 460 g/mol. The van der Waals surface area contributed by atoms with Crippen LogP contribution in [0.2, 0.25) is 0 Å². The van der Waals surface area contributed by atoms with Gasteiger partial charge in [-0.1, -0.05) is 39.8 Å². The van der Waals surface area contributed by atoms with Gasteiger partial charge < -0.3 is 9.67 Å². The molecule has 0 amide bonds. The number of nitrogens with zero attached hydrogens (tertiary/aromatic N) is 3. The normalized spacial score (nSPS) is 12.6. The Labute approximate surface area is 166 Å². The molecule has 1 atom stereocenters. The van der Waals surface area contributed by atoms with Gasteiger partial charge in [0.2, 0.25) is 0 Å². The van der Waals surface area contributed by atoms with E-state index in [2.05, 4.69) is 25.9 Å². The van der Waals surface area contributed by atoms with E-state index in [1.54, 1.807) is 11.6 Å². The van der Waals surface area contributed by atoms with Gasteiger partial charge in [0, 0.05) is 23.2 Å². The minimum atomic E-state index is -0.692. The second-order valence-corrected chi connectivity index (χ2v) is 7.93. The summed E-state index contributed by atoms with van der Waals surface area (Å²) in [5.41, 5.74) is 0.570. The number of hydrogen-bond acceptors (Lipinski definition) is 5. The maximum atomic E-state index is 12.4. The Balaban J connectivity index is 2.14. The van der Waals surface area contributed by atoms with E-state index in [1.165, 1.54) is 16.3 Å². The van der Waals surface area contributed by atoms with Gasteiger partial charge in [-0.2, -0.15) is 0 Å². The first-order valence-corrected chi connectivity index (χ1v) is 10.0. The fourth-order valence-electron chi connectivity index (χ4n) is 2.50. The van der Waals surface area contributed by atoms with E-state index in [1.807, 2.05) is 24.3 Å². The molecule has 0 saturated carbocycles. The van der Waals surface area contributed by atoms with Crippen LogP contribution < -0.4 is 11.2 Å². The predicted octanol–water partition coefficient (Wildman–Crippen LogP) is 1.93. The van der Waals surface area contributed by atoms with Crippen LogP contribution in [0.4, 0.5) is 0 Å². The number of benzene rings is 1. The SMILES string of the molecule is Cn1c(=O)[nH]c(=O)c2c1nc(SC[C@H](O)CCl)n2Cc1cccc(Br)c1. The number of aryl methyl sites for hydroxylation is 1. The van der Waals surface area contributed by atoms with Crippen LogP contribution in [0.3, 0.4) is 0 Å². The summed E-state index contributed by atoms with van der Waals surface area (Å²) in [4.78, 5) is 31.1. The Morgan fingerprint density at radius 1 is 1.42 bits per heavy atom. The molecule has 0 spiro atoms. The van der Waals surface area contributed by atoms with E-state index in [0.29, 0.717) is 28.6 Å². The van der Waals surface area contributed by atoms with Gasteiger partial charge in [0.15, 0.2) is 16.3 Å². The van der Waals surface area contributed by atoms with E-state index >= 15 is 0 Å². The molecule has 0 radical (unpaired) electrons. The summed E-state index contributed by atoms with van der Waals surface area (Å²) in [5.74, 6) is 0.440. The fraction of sp³-hybridized carbons (Fsp3) is 0.312. The smallest absolute Gasteiger partial charge is 0.329 e. The lowest BCUT2D eigenvalue weighted by Crippen LogP contribution is -2.29. The maximum absolute atomic E-state index is 12.4. The molecule has 1 aromatic carbocycles. The van der Waals surface area contributed by atoms with Crippen molar-refractivity contribution < 1.29 is 5.11 Å². The number of aliphatic hydroxyl groups is 1. The lowest BCUT2D eigenvalue weighted by atomic mass is 10.2. The van der Waals surface area contributed by atoms with E-state index in [0.717, 1.165) is 10.0 Å². The van der Waals surface area contributed by atoms with Crippen LogP contribution in [0.5, 0.6) is 0 Å². The number of nitrogens with one attached hydrogen (secondary N) is 1. The highest BCUT2D eigenvalue weighted by Crippen LogP contribution is 2.24. The van der Waals surface area contributed by atoms with Gasteiger partial charge in [-0.15, -0.1) is 11.6 Å². The lowest BCUT2D eigenvalue weighted by molar-refractivity contribution is 0.223. The molecule has 0 aliphatic carbocycles. The van der Waals surface area contributed by atoms with Crippen LogP contribution in [0.25, 0.3) is 11.2 Å². The number of imidazole rings is 1. The number of fused-ring (bicyclic) bond motifs is 1. The number of aliphatic hydroxyl groups excluding tert-OH is 1. The Bertz CT molecular complexity index is 1060.